The molecule has 0 heterocycles. The first kappa shape index (κ1) is 18.0. The smallest absolute Gasteiger partial charge is 0.0684 e. The van der Waals surface area contributed by atoms with Crippen molar-refractivity contribution in [3.8, 4) is 0 Å². The van der Waals surface area contributed by atoms with Crippen molar-refractivity contribution in [2.24, 2.45) is 0 Å². The third kappa shape index (κ3) is 3.87. The minimum absolute atomic E-state index is 0.0886. The Morgan fingerprint density at radius 1 is 0.875 bits per heavy atom. The molecule has 1 heteroatoms. The van der Waals surface area contributed by atoms with Gasteiger partial charge in [-0.2, -0.15) is 0 Å². The molecule has 1 fully saturated rings. The fourth-order valence-corrected chi connectivity index (χ4v) is 5.33. The number of benzene rings is 2. The first-order chi connectivity index (χ1) is 11.6. The number of alkyl halides is 1. The molecule has 1 aliphatic rings. The van der Waals surface area contributed by atoms with Gasteiger partial charge in [-0.15, -0.1) is 0 Å². The second-order valence-corrected chi connectivity index (χ2v) is 9.22. The van der Waals surface area contributed by atoms with E-state index in [0.29, 0.717) is 0 Å². The SMILES string of the molecule is CCCC(I)(c1ccc(C)cc1)c1ccc(C2CCCCC2)cc1. The normalized spacial score (nSPS) is 18.3. The summed E-state index contributed by atoms with van der Waals surface area (Å²) in [5, 5.41) is 0. The van der Waals surface area contributed by atoms with Crippen LogP contribution in [0, 0.1) is 6.92 Å². The maximum absolute atomic E-state index is 2.68. The topological polar surface area (TPSA) is 0 Å². The Kier molecular flexibility index (Phi) is 6.02. The van der Waals surface area contributed by atoms with Crippen LogP contribution in [0.5, 0.6) is 0 Å². The summed E-state index contributed by atoms with van der Waals surface area (Å²) in [6, 6.07) is 18.7. The Morgan fingerprint density at radius 3 is 1.96 bits per heavy atom. The van der Waals surface area contributed by atoms with Gasteiger partial charge in [0.25, 0.3) is 0 Å². The van der Waals surface area contributed by atoms with E-state index in [1.54, 1.807) is 5.56 Å². The van der Waals surface area contributed by atoms with Gasteiger partial charge in [0.05, 0.1) is 3.42 Å². The van der Waals surface area contributed by atoms with E-state index in [4.69, 9.17) is 0 Å². The molecule has 1 aliphatic carbocycles. The van der Waals surface area contributed by atoms with E-state index in [1.807, 2.05) is 0 Å². The number of hydrogen-bond donors (Lipinski definition) is 0. The largest absolute Gasteiger partial charge is 0.0718 e. The molecule has 0 N–H and O–H groups in total. The van der Waals surface area contributed by atoms with Crippen molar-refractivity contribution < 1.29 is 0 Å². The molecule has 0 amide bonds. The number of hydrogen-bond acceptors (Lipinski definition) is 0. The average Bonchev–Trinajstić information content (AvgIpc) is 2.63. The third-order valence-corrected chi connectivity index (χ3v) is 7.33. The first-order valence-corrected chi connectivity index (χ1v) is 10.6. The Bertz CT molecular complexity index is 635. The van der Waals surface area contributed by atoms with Crippen molar-refractivity contribution in [1.29, 1.82) is 0 Å². The highest BCUT2D eigenvalue weighted by molar-refractivity contribution is 14.1. The number of halogens is 1. The molecule has 0 spiro atoms. The van der Waals surface area contributed by atoms with Crippen LogP contribution in [-0.2, 0) is 3.42 Å². The van der Waals surface area contributed by atoms with E-state index in [1.165, 1.54) is 61.6 Å². The zero-order valence-electron chi connectivity index (χ0n) is 15.0. The van der Waals surface area contributed by atoms with E-state index in [9.17, 15) is 0 Å². The van der Waals surface area contributed by atoms with Crippen molar-refractivity contribution >= 4 is 22.6 Å². The summed E-state index contributed by atoms with van der Waals surface area (Å²) in [5.74, 6) is 0.793. The third-order valence-electron chi connectivity index (χ3n) is 5.55. The second-order valence-electron chi connectivity index (χ2n) is 7.37. The van der Waals surface area contributed by atoms with Gasteiger partial charge in [0.2, 0.25) is 0 Å². The van der Waals surface area contributed by atoms with E-state index >= 15 is 0 Å². The van der Waals surface area contributed by atoms with E-state index in [2.05, 4.69) is 85.0 Å². The van der Waals surface area contributed by atoms with Gasteiger partial charge >= 0.3 is 0 Å². The zero-order valence-corrected chi connectivity index (χ0v) is 17.2. The maximum Gasteiger partial charge on any atom is 0.0718 e. The second kappa shape index (κ2) is 8.03. The van der Waals surface area contributed by atoms with Crippen LogP contribution >= 0.6 is 22.6 Å². The first-order valence-electron chi connectivity index (χ1n) is 9.50. The summed E-state index contributed by atoms with van der Waals surface area (Å²) >= 11 is 2.68. The van der Waals surface area contributed by atoms with E-state index in [-0.39, 0.29) is 3.42 Å². The molecule has 1 atom stereocenters. The van der Waals surface area contributed by atoms with Crippen LogP contribution < -0.4 is 0 Å². The lowest BCUT2D eigenvalue weighted by Crippen LogP contribution is -2.19. The standard InChI is InChI=1S/C23H29I/c1-3-17-23(24,21-13-9-18(2)10-14-21)22-15-11-20(12-16-22)19-7-5-4-6-8-19/h9-16,19H,3-8,17H2,1-2H3. The monoisotopic (exact) mass is 432 g/mol. The lowest BCUT2D eigenvalue weighted by molar-refractivity contribution is 0.443. The molecule has 1 unspecified atom stereocenters. The van der Waals surface area contributed by atoms with Crippen LogP contribution in [0.3, 0.4) is 0 Å². The van der Waals surface area contributed by atoms with Crippen molar-refractivity contribution in [2.75, 3.05) is 0 Å². The molecule has 0 bridgehead atoms. The zero-order chi connectivity index (χ0) is 17.0. The van der Waals surface area contributed by atoms with Crippen LogP contribution in [0.4, 0.5) is 0 Å². The van der Waals surface area contributed by atoms with E-state index in [0.717, 1.165) is 5.92 Å². The summed E-state index contributed by atoms with van der Waals surface area (Å²) in [7, 11) is 0. The summed E-state index contributed by atoms with van der Waals surface area (Å²) in [6.45, 7) is 4.45. The highest BCUT2D eigenvalue weighted by Crippen LogP contribution is 2.44. The molecule has 0 radical (unpaired) electrons. The van der Waals surface area contributed by atoms with E-state index < -0.39 is 0 Å². The Hall–Kier alpha value is -0.830. The molecular weight excluding hydrogens is 403 g/mol. The predicted molar refractivity (Wildman–Crippen MR) is 113 cm³/mol. The highest BCUT2D eigenvalue weighted by atomic mass is 127. The Balaban J connectivity index is 1.89. The molecule has 128 valence electrons. The summed E-state index contributed by atoms with van der Waals surface area (Å²) in [5.41, 5.74) is 5.77. The molecule has 0 aromatic heterocycles. The van der Waals surface area contributed by atoms with Crippen LogP contribution in [-0.4, -0.2) is 0 Å². The predicted octanol–water partition coefficient (Wildman–Crippen LogP) is 7.52. The van der Waals surface area contributed by atoms with Gasteiger partial charge in [0, 0.05) is 0 Å². The fourth-order valence-electron chi connectivity index (χ4n) is 4.07. The van der Waals surface area contributed by atoms with Crippen LogP contribution in [0.25, 0.3) is 0 Å². The number of rotatable bonds is 5. The van der Waals surface area contributed by atoms with Crippen molar-refractivity contribution in [1.82, 2.24) is 0 Å². The van der Waals surface area contributed by atoms with Gasteiger partial charge in [-0.25, -0.2) is 0 Å². The maximum atomic E-state index is 2.68. The molecule has 3 rings (SSSR count). The van der Waals surface area contributed by atoms with Gasteiger partial charge in [-0.3, -0.25) is 0 Å². The molecular formula is C23H29I. The van der Waals surface area contributed by atoms with Crippen molar-refractivity contribution in [2.45, 2.75) is 68.1 Å². The Labute approximate surface area is 161 Å². The van der Waals surface area contributed by atoms with Crippen LogP contribution in [0.15, 0.2) is 48.5 Å². The van der Waals surface area contributed by atoms with Gasteiger partial charge in [0.15, 0.2) is 0 Å². The summed E-state index contributed by atoms with van der Waals surface area (Å²) in [4.78, 5) is 0. The van der Waals surface area contributed by atoms with Gasteiger partial charge in [-0.05, 0) is 48.8 Å². The number of aryl methyl sites for hydroxylation is 1. The minimum atomic E-state index is 0.0886. The van der Waals surface area contributed by atoms with Gasteiger partial charge in [0.1, 0.15) is 0 Å². The summed E-state index contributed by atoms with van der Waals surface area (Å²) < 4.78 is 0.0886. The van der Waals surface area contributed by atoms with Crippen LogP contribution in [0.1, 0.15) is 80.0 Å². The lowest BCUT2D eigenvalue weighted by Gasteiger charge is -2.30. The Morgan fingerprint density at radius 2 is 1.42 bits per heavy atom. The minimum Gasteiger partial charge on any atom is -0.0684 e. The van der Waals surface area contributed by atoms with Crippen LogP contribution in [0.2, 0.25) is 0 Å². The van der Waals surface area contributed by atoms with Gasteiger partial charge in [-0.1, -0.05) is 109 Å². The fraction of sp³-hybridized carbons (Fsp3) is 0.478. The quantitative estimate of drug-likeness (QED) is 0.339. The molecule has 24 heavy (non-hydrogen) atoms. The molecule has 0 nitrogen and oxygen atoms in total. The lowest BCUT2D eigenvalue weighted by atomic mass is 9.82. The molecule has 2 aromatic rings. The molecule has 1 saturated carbocycles. The van der Waals surface area contributed by atoms with Crippen molar-refractivity contribution in [3.63, 3.8) is 0 Å². The van der Waals surface area contributed by atoms with Crippen molar-refractivity contribution in [3.05, 3.63) is 70.8 Å². The van der Waals surface area contributed by atoms with Gasteiger partial charge < -0.3 is 0 Å². The molecule has 0 aliphatic heterocycles. The molecule has 0 saturated heterocycles. The highest BCUT2D eigenvalue weighted by Gasteiger charge is 2.30. The average molecular weight is 432 g/mol. The molecule has 2 aromatic carbocycles. The summed E-state index contributed by atoms with van der Waals surface area (Å²) in [6.07, 6.45) is 9.36.